The second-order valence-corrected chi connectivity index (χ2v) is 6.30. The second-order valence-electron chi connectivity index (χ2n) is 6.30. The van der Waals surface area contributed by atoms with Gasteiger partial charge in [0, 0.05) is 6.54 Å². The number of rotatable bonds is 5. The standard InChI is InChI=1S/C17H23N3O2/c1-19(2)12-7-13-22-15-17(10-6-11-17)16(21)20(18-15)14-8-4-3-5-9-14/h3-5,8-9H,6-7,10-13H2,1-2H3. The van der Waals surface area contributed by atoms with Crippen LogP contribution in [0.4, 0.5) is 5.69 Å². The van der Waals surface area contributed by atoms with Crippen molar-refractivity contribution in [1.82, 2.24) is 4.90 Å². The predicted molar refractivity (Wildman–Crippen MR) is 86.8 cm³/mol. The Morgan fingerprint density at radius 2 is 2.00 bits per heavy atom. The minimum atomic E-state index is -0.492. The first-order valence-electron chi connectivity index (χ1n) is 7.90. The summed E-state index contributed by atoms with van der Waals surface area (Å²) in [6, 6.07) is 9.58. The zero-order valence-electron chi connectivity index (χ0n) is 13.3. The maximum Gasteiger partial charge on any atom is 0.263 e. The largest absolute Gasteiger partial charge is 0.479 e. The zero-order valence-corrected chi connectivity index (χ0v) is 13.3. The number of ether oxygens (including phenoxy) is 1. The van der Waals surface area contributed by atoms with Gasteiger partial charge in [-0.15, -0.1) is 5.10 Å². The van der Waals surface area contributed by atoms with Crippen LogP contribution in [0.5, 0.6) is 0 Å². The highest BCUT2D eigenvalue weighted by molar-refractivity contribution is 6.17. The first-order chi connectivity index (χ1) is 10.6. The third kappa shape index (κ3) is 2.61. The lowest BCUT2D eigenvalue weighted by atomic mass is 9.68. The summed E-state index contributed by atoms with van der Waals surface area (Å²) in [6.07, 6.45) is 3.69. The molecule has 0 unspecified atom stereocenters. The fourth-order valence-electron chi connectivity index (χ4n) is 2.95. The summed E-state index contributed by atoms with van der Waals surface area (Å²) in [5.41, 5.74) is 0.319. The molecule has 2 aliphatic rings. The Morgan fingerprint density at radius 3 is 2.59 bits per heavy atom. The van der Waals surface area contributed by atoms with E-state index in [-0.39, 0.29) is 5.91 Å². The van der Waals surface area contributed by atoms with E-state index in [1.807, 2.05) is 44.4 Å². The van der Waals surface area contributed by atoms with Gasteiger partial charge in [-0.2, -0.15) is 5.01 Å². The maximum atomic E-state index is 12.8. The molecule has 1 amide bonds. The van der Waals surface area contributed by atoms with E-state index >= 15 is 0 Å². The molecule has 0 saturated heterocycles. The van der Waals surface area contributed by atoms with Crippen LogP contribution in [0.15, 0.2) is 35.4 Å². The number of hydrogen-bond donors (Lipinski definition) is 0. The van der Waals surface area contributed by atoms with E-state index in [0.29, 0.717) is 12.5 Å². The molecule has 1 aliphatic carbocycles. The van der Waals surface area contributed by atoms with Crippen LogP contribution in [-0.4, -0.2) is 44.0 Å². The third-order valence-electron chi connectivity index (χ3n) is 4.40. The van der Waals surface area contributed by atoms with Gasteiger partial charge in [0.2, 0.25) is 5.90 Å². The normalized spacial score (nSPS) is 19.5. The van der Waals surface area contributed by atoms with Crippen molar-refractivity contribution >= 4 is 17.5 Å². The summed E-state index contributed by atoms with van der Waals surface area (Å²) in [6.45, 7) is 1.57. The van der Waals surface area contributed by atoms with E-state index in [1.165, 1.54) is 5.01 Å². The van der Waals surface area contributed by atoms with Crippen molar-refractivity contribution in [3.05, 3.63) is 30.3 Å². The Hall–Kier alpha value is -1.88. The molecule has 1 saturated carbocycles. The van der Waals surface area contributed by atoms with Crippen LogP contribution in [0.1, 0.15) is 25.7 Å². The van der Waals surface area contributed by atoms with Crippen molar-refractivity contribution in [1.29, 1.82) is 0 Å². The molecule has 1 fully saturated rings. The van der Waals surface area contributed by atoms with E-state index in [1.54, 1.807) is 0 Å². The minimum Gasteiger partial charge on any atom is -0.479 e. The van der Waals surface area contributed by atoms with Gasteiger partial charge in [0.15, 0.2) is 0 Å². The number of carbonyl (C=O) groups excluding carboxylic acids is 1. The molecule has 1 spiro atoms. The van der Waals surface area contributed by atoms with Gasteiger partial charge in [-0.05, 0) is 45.5 Å². The summed E-state index contributed by atoms with van der Waals surface area (Å²) in [7, 11) is 4.09. The van der Waals surface area contributed by atoms with Crippen LogP contribution in [0.25, 0.3) is 0 Å². The summed E-state index contributed by atoms with van der Waals surface area (Å²) >= 11 is 0. The highest BCUT2D eigenvalue weighted by Crippen LogP contribution is 2.48. The molecule has 3 rings (SSSR count). The molecule has 0 aromatic heterocycles. The van der Waals surface area contributed by atoms with Crippen LogP contribution in [0.3, 0.4) is 0 Å². The van der Waals surface area contributed by atoms with Crippen molar-refractivity contribution in [2.24, 2.45) is 10.5 Å². The lowest BCUT2D eigenvalue weighted by molar-refractivity contribution is -0.127. The van der Waals surface area contributed by atoms with Gasteiger partial charge in [-0.3, -0.25) is 4.79 Å². The Morgan fingerprint density at radius 1 is 1.27 bits per heavy atom. The summed E-state index contributed by atoms with van der Waals surface area (Å²) in [4.78, 5) is 14.9. The van der Waals surface area contributed by atoms with Crippen LogP contribution >= 0.6 is 0 Å². The molecule has 1 aliphatic heterocycles. The number of hydrazone groups is 1. The number of amides is 1. The van der Waals surface area contributed by atoms with Gasteiger partial charge in [-0.25, -0.2) is 0 Å². The van der Waals surface area contributed by atoms with Crippen LogP contribution < -0.4 is 5.01 Å². The highest BCUT2D eigenvalue weighted by Gasteiger charge is 2.56. The molecule has 0 N–H and O–H groups in total. The number of para-hydroxylation sites is 1. The molecule has 1 aromatic rings. The lowest BCUT2D eigenvalue weighted by Crippen LogP contribution is -2.46. The molecule has 1 heterocycles. The van der Waals surface area contributed by atoms with E-state index in [4.69, 9.17) is 4.74 Å². The molecule has 0 bridgehead atoms. The highest BCUT2D eigenvalue weighted by atomic mass is 16.5. The summed E-state index contributed by atoms with van der Waals surface area (Å²) in [5.74, 6) is 0.680. The SMILES string of the molecule is CN(C)CCCOC1=NN(c2ccccc2)C(=O)C12CCC2. The topological polar surface area (TPSA) is 45.1 Å². The fourth-order valence-corrected chi connectivity index (χ4v) is 2.95. The van der Waals surface area contributed by atoms with Gasteiger partial charge < -0.3 is 9.64 Å². The predicted octanol–water partition coefficient (Wildman–Crippen LogP) is 2.49. The Balaban J connectivity index is 1.73. The summed E-state index contributed by atoms with van der Waals surface area (Å²) in [5, 5.41) is 6.01. The summed E-state index contributed by atoms with van der Waals surface area (Å²) < 4.78 is 5.89. The maximum absolute atomic E-state index is 12.8. The van der Waals surface area contributed by atoms with E-state index in [0.717, 1.165) is 37.9 Å². The molecular weight excluding hydrogens is 278 g/mol. The van der Waals surface area contributed by atoms with Crippen LogP contribution in [-0.2, 0) is 9.53 Å². The number of nitrogens with zero attached hydrogens (tertiary/aromatic N) is 3. The average molecular weight is 301 g/mol. The lowest BCUT2D eigenvalue weighted by Gasteiger charge is -2.36. The molecule has 118 valence electrons. The van der Waals surface area contributed by atoms with Gasteiger partial charge in [0.25, 0.3) is 5.91 Å². The quantitative estimate of drug-likeness (QED) is 0.785. The molecule has 5 nitrogen and oxygen atoms in total. The van der Waals surface area contributed by atoms with Crippen LogP contribution in [0, 0.1) is 5.41 Å². The minimum absolute atomic E-state index is 0.0626. The Labute approximate surface area is 131 Å². The Kier molecular flexibility index (Phi) is 4.16. The van der Waals surface area contributed by atoms with Gasteiger partial charge >= 0.3 is 0 Å². The van der Waals surface area contributed by atoms with Crippen molar-refractivity contribution < 1.29 is 9.53 Å². The van der Waals surface area contributed by atoms with E-state index < -0.39 is 5.41 Å². The number of benzene rings is 1. The number of carbonyl (C=O) groups is 1. The van der Waals surface area contributed by atoms with Gasteiger partial charge in [-0.1, -0.05) is 24.6 Å². The van der Waals surface area contributed by atoms with Crippen molar-refractivity contribution in [2.45, 2.75) is 25.7 Å². The second kappa shape index (κ2) is 6.08. The zero-order chi connectivity index (χ0) is 15.6. The molecular formula is C17H23N3O2. The third-order valence-corrected chi connectivity index (χ3v) is 4.40. The molecule has 0 atom stereocenters. The average Bonchev–Trinajstić information content (AvgIpc) is 2.77. The number of hydrogen-bond acceptors (Lipinski definition) is 4. The van der Waals surface area contributed by atoms with Gasteiger partial charge in [0.05, 0.1) is 12.3 Å². The van der Waals surface area contributed by atoms with Gasteiger partial charge in [0.1, 0.15) is 5.41 Å². The van der Waals surface area contributed by atoms with Crippen molar-refractivity contribution in [2.75, 3.05) is 32.3 Å². The fraction of sp³-hybridized carbons (Fsp3) is 0.529. The molecule has 5 heteroatoms. The monoisotopic (exact) mass is 301 g/mol. The molecule has 1 aromatic carbocycles. The molecule has 0 radical (unpaired) electrons. The number of anilines is 1. The van der Waals surface area contributed by atoms with E-state index in [2.05, 4.69) is 10.0 Å². The van der Waals surface area contributed by atoms with Crippen molar-refractivity contribution in [3.8, 4) is 0 Å². The smallest absolute Gasteiger partial charge is 0.263 e. The van der Waals surface area contributed by atoms with Crippen LogP contribution in [0.2, 0.25) is 0 Å². The first-order valence-corrected chi connectivity index (χ1v) is 7.90. The van der Waals surface area contributed by atoms with E-state index in [9.17, 15) is 4.79 Å². The van der Waals surface area contributed by atoms with Crippen molar-refractivity contribution in [3.63, 3.8) is 0 Å². The Bertz CT molecular complexity index is 565. The first kappa shape index (κ1) is 15.0. The molecule has 22 heavy (non-hydrogen) atoms.